The third-order valence-corrected chi connectivity index (χ3v) is 3.53. The molecule has 1 heterocycles. The van der Waals surface area contributed by atoms with Gasteiger partial charge in [0.25, 0.3) is 0 Å². The molecular weight excluding hydrogens is 295 g/mol. The van der Waals surface area contributed by atoms with Gasteiger partial charge in [-0.15, -0.1) is 0 Å². The number of aliphatic hydroxyl groups excluding tert-OH is 1. The third kappa shape index (κ3) is 3.40. The van der Waals surface area contributed by atoms with Crippen LogP contribution in [-0.4, -0.2) is 15.3 Å². The molecule has 3 rings (SSSR count). The van der Waals surface area contributed by atoms with Crippen LogP contribution in [0.3, 0.4) is 0 Å². The largest absolute Gasteiger partial charge is 0.476 e. The summed E-state index contributed by atoms with van der Waals surface area (Å²) in [6, 6.07) is 15.9. The Morgan fingerprint density at radius 3 is 2.57 bits per heavy atom. The smallest absolute Gasteiger partial charge is 0.165 e. The van der Waals surface area contributed by atoms with E-state index in [2.05, 4.69) is 10.2 Å². The second kappa shape index (κ2) is 6.62. The molecule has 0 saturated heterocycles. The molecule has 0 aliphatic carbocycles. The fourth-order valence-corrected chi connectivity index (χ4v) is 2.38. The van der Waals surface area contributed by atoms with Crippen molar-refractivity contribution >= 4 is 0 Å². The highest BCUT2D eigenvalue weighted by Gasteiger charge is 2.20. The highest BCUT2D eigenvalue weighted by molar-refractivity contribution is 5.33. The van der Waals surface area contributed by atoms with E-state index in [0.717, 1.165) is 17.0 Å². The molecule has 0 aliphatic rings. The Bertz CT molecular complexity index is 787. The molecule has 0 radical (unpaired) electrons. The van der Waals surface area contributed by atoms with Crippen LogP contribution in [0.15, 0.2) is 54.6 Å². The number of H-pyrrole nitrogens is 1. The van der Waals surface area contributed by atoms with Crippen molar-refractivity contribution in [3.8, 4) is 5.75 Å². The first-order valence-corrected chi connectivity index (χ1v) is 7.30. The summed E-state index contributed by atoms with van der Waals surface area (Å²) in [6.07, 6.45) is -0.494. The lowest BCUT2D eigenvalue weighted by atomic mass is 10.1. The Hall–Kier alpha value is -2.66. The normalized spacial score (nSPS) is 12.1. The first-order chi connectivity index (χ1) is 11.2. The molecule has 4 nitrogen and oxygen atoms in total. The van der Waals surface area contributed by atoms with E-state index < -0.39 is 11.9 Å². The molecule has 2 N–H and O–H groups in total. The van der Waals surface area contributed by atoms with E-state index in [4.69, 9.17) is 9.84 Å². The molecule has 1 atom stereocenters. The number of aromatic nitrogens is 2. The number of hydrogen-bond donors (Lipinski definition) is 2. The Balaban J connectivity index is 1.96. The van der Waals surface area contributed by atoms with Crippen LogP contribution in [-0.2, 0) is 6.61 Å². The Morgan fingerprint density at radius 2 is 1.96 bits per heavy atom. The number of ether oxygens (including phenoxy) is 1. The molecule has 0 bridgehead atoms. The molecule has 23 heavy (non-hydrogen) atoms. The van der Waals surface area contributed by atoms with E-state index in [1.54, 1.807) is 6.07 Å². The minimum atomic E-state index is -0.506. The molecule has 118 valence electrons. The minimum absolute atomic E-state index is 0.128. The van der Waals surface area contributed by atoms with Crippen LogP contribution >= 0.6 is 0 Å². The first-order valence-electron chi connectivity index (χ1n) is 7.30. The molecule has 2 aromatic carbocycles. The summed E-state index contributed by atoms with van der Waals surface area (Å²) in [6.45, 7) is 1.66. The molecule has 0 aliphatic heterocycles. The molecule has 5 heteroatoms. The zero-order chi connectivity index (χ0) is 16.2. The molecule has 1 unspecified atom stereocenters. The highest BCUT2D eigenvalue weighted by Crippen LogP contribution is 2.29. The lowest BCUT2D eigenvalue weighted by molar-refractivity contribution is 0.230. The maximum atomic E-state index is 14.2. The van der Waals surface area contributed by atoms with Gasteiger partial charge >= 0.3 is 0 Å². The number of aromatic amines is 1. The number of hydrogen-bond acceptors (Lipinski definition) is 3. The van der Waals surface area contributed by atoms with Crippen LogP contribution in [0.5, 0.6) is 5.75 Å². The second-order valence-electron chi connectivity index (χ2n) is 5.30. The van der Waals surface area contributed by atoms with Gasteiger partial charge < -0.3 is 9.84 Å². The van der Waals surface area contributed by atoms with Gasteiger partial charge in [-0.25, -0.2) is 4.39 Å². The van der Waals surface area contributed by atoms with Gasteiger partial charge in [0, 0.05) is 0 Å². The predicted molar refractivity (Wildman–Crippen MR) is 84.6 cm³/mol. The van der Waals surface area contributed by atoms with Crippen molar-refractivity contribution in [3.05, 3.63) is 82.9 Å². The van der Waals surface area contributed by atoms with Crippen molar-refractivity contribution in [1.82, 2.24) is 10.2 Å². The average Bonchev–Trinajstić information content (AvgIpc) is 3.00. The summed E-state index contributed by atoms with van der Waals surface area (Å²) in [7, 11) is 0. The van der Waals surface area contributed by atoms with Crippen molar-refractivity contribution < 1.29 is 14.2 Å². The van der Waals surface area contributed by atoms with Gasteiger partial charge in [-0.05, 0) is 36.2 Å². The van der Waals surface area contributed by atoms with Gasteiger partial charge in [0.1, 0.15) is 0 Å². The molecule has 0 saturated carbocycles. The van der Waals surface area contributed by atoms with Gasteiger partial charge in [-0.2, -0.15) is 5.10 Å². The maximum Gasteiger partial charge on any atom is 0.165 e. The van der Waals surface area contributed by atoms with Gasteiger partial charge in [0.05, 0.1) is 18.0 Å². The third-order valence-electron chi connectivity index (χ3n) is 3.53. The fourth-order valence-electron chi connectivity index (χ4n) is 2.38. The van der Waals surface area contributed by atoms with Crippen molar-refractivity contribution in [2.45, 2.75) is 19.6 Å². The zero-order valence-corrected chi connectivity index (χ0v) is 12.7. The first kappa shape index (κ1) is 15.2. The molecule has 0 fully saturated rings. The Morgan fingerprint density at radius 1 is 1.17 bits per heavy atom. The standard InChI is InChI=1S/C18H17FN2O2/c1-12-9-16(21-20-12)18(14-5-3-2-4-6-14)23-17-8-7-13(11-22)10-15(17)19/h2-10,18,22H,11H2,1H3,(H,20,21). The van der Waals surface area contributed by atoms with E-state index in [1.165, 1.54) is 12.1 Å². The number of rotatable bonds is 5. The lowest BCUT2D eigenvalue weighted by Crippen LogP contribution is -2.11. The van der Waals surface area contributed by atoms with Crippen LogP contribution in [0.2, 0.25) is 0 Å². The van der Waals surface area contributed by atoms with E-state index in [1.807, 2.05) is 43.3 Å². The SMILES string of the molecule is Cc1cc(C(Oc2ccc(CO)cc2F)c2ccccc2)[nH]n1. The molecule has 0 amide bonds. The fraction of sp³-hybridized carbons (Fsp3) is 0.167. The van der Waals surface area contributed by atoms with Crippen molar-refractivity contribution in [2.24, 2.45) is 0 Å². The summed E-state index contributed by atoms with van der Waals surface area (Å²) in [5.74, 6) is -0.378. The van der Waals surface area contributed by atoms with Crippen LogP contribution in [0.25, 0.3) is 0 Å². The highest BCUT2D eigenvalue weighted by atomic mass is 19.1. The number of nitrogens with zero attached hydrogens (tertiary/aromatic N) is 1. The van der Waals surface area contributed by atoms with E-state index >= 15 is 0 Å². The van der Waals surface area contributed by atoms with Gasteiger partial charge in [-0.3, -0.25) is 5.10 Å². The summed E-state index contributed by atoms with van der Waals surface area (Å²) >= 11 is 0. The van der Waals surface area contributed by atoms with Crippen molar-refractivity contribution in [2.75, 3.05) is 0 Å². The zero-order valence-electron chi connectivity index (χ0n) is 12.7. The van der Waals surface area contributed by atoms with Gasteiger partial charge in [0.15, 0.2) is 17.7 Å². The van der Waals surface area contributed by atoms with Crippen LogP contribution in [0.1, 0.15) is 28.6 Å². The van der Waals surface area contributed by atoms with Gasteiger partial charge in [0.2, 0.25) is 0 Å². The number of aryl methyl sites for hydroxylation is 1. The van der Waals surface area contributed by atoms with E-state index in [-0.39, 0.29) is 12.4 Å². The number of aliphatic hydroxyl groups is 1. The average molecular weight is 312 g/mol. The van der Waals surface area contributed by atoms with Crippen molar-refractivity contribution in [1.29, 1.82) is 0 Å². The van der Waals surface area contributed by atoms with Gasteiger partial charge in [-0.1, -0.05) is 36.4 Å². The van der Waals surface area contributed by atoms with E-state index in [9.17, 15) is 4.39 Å². The summed E-state index contributed by atoms with van der Waals surface area (Å²) in [4.78, 5) is 0. The number of benzene rings is 2. The Labute approximate surface area is 133 Å². The summed E-state index contributed by atoms with van der Waals surface area (Å²) < 4.78 is 20.1. The molecule has 0 spiro atoms. The van der Waals surface area contributed by atoms with Crippen molar-refractivity contribution in [3.63, 3.8) is 0 Å². The second-order valence-corrected chi connectivity index (χ2v) is 5.30. The minimum Gasteiger partial charge on any atom is -0.476 e. The van der Waals surface area contributed by atoms with Crippen LogP contribution < -0.4 is 4.74 Å². The van der Waals surface area contributed by atoms with E-state index in [0.29, 0.717) is 5.56 Å². The monoisotopic (exact) mass is 312 g/mol. The molecule has 3 aromatic rings. The summed E-state index contributed by atoms with van der Waals surface area (Å²) in [5.41, 5.74) is 2.98. The van der Waals surface area contributed by atoms with Crippen LogP contribution in [0.4, 0.5) is 4.39 Å². The Kier molecular flexibility index (Phi) is 4.39. The predicted octanol–water partition coefficient (Wildman–Crippen LogP) is 3.52. The molecule has 1 aromatic heterocycles. The van der Waals surface area contributed by atoms with Crippen LogP contribution in [0, 0.1) is 12.7 Å². The maximum absolute atomic E-state index is 14.2. The topological polar surface area (TPSA) is 58.1 Å². The number of nitrogens with one attached hydrogen (secondary N) is 1. The molecular formula is C18H17FN2O2. The number of halogens is 1. The lowest BCUT2D eigenvalue weighted by Gasteiger charge is -2.19. The quantitative estimate of drug-likeness (QED) is 0.758. The summed E-state index contributed by atoms with van der Waals surface area (Å²) in [5, 5.41) is 16.1.